The molecule has 276 valence electrons. The third kappa shape index (κ3) is 9.21. The Balaban J connectivity index is 2.23. The van der Waals surface area contributed by atoms with Crippen molar-refractivity contribution in [2.45, 2.75) is 142 Å². The van der Waals surface area contributed by atoms with Gasteiger partial charge in [-0.1, -0.05) is 20.8 Å². The Labute approximate surface area is 286 Å². The minimum absolute atomic E-state index is 0.168. The summed E-state index contributed by atoms with van der Waals surface area (Å²) in [5.41, 5.74) is -2.96. The molecule has 13 atom stereocenters. The normalized spacial score (nSPS) is 43.0. The maximum atomic E-state index is 14.3. The highest BCUT2D eigenvalue weighted by molar-refractivity contribution is 6.00. The van der Waals surface area contributed by atoms with E-state index in [1.165, 1.54) is 13.8 Å². The van der Waals surface area contributed by atoms with E-state index >= 15 is 0 Å². The van der Waals surface area contributed by atoms with Crippen LogP contribution in [0.1, 0.15) is 81.6 Å². The van der Waals surface area contributed by atoms with Crippen LogP contribution in [0.4, 0.5) is 0 Å². The van der Waals surface area contributed by atoms with Gasteiger partial charge in [0.1, 0.15) is 30.8 Å². The topological polar surface area (TPSA) is 150 Å². The maximum Gasteiger partial charge on any atom is 0.316 e. The Morgan fingerprint density at radius 2 is 1.73 bits per heavy atom. The van der Waals surface area contributed by atoms with Crippen molar-refractivity contribution in [3.63, 3.8) is 0 Å². The van der Waals surface area contributed by atoms with Gasteiger partial charge in [-0.15, -0.1) is 0 Å². The number of rotatable bonds is 5. The van der Waals surface area contributed by atoms with E-state index in [9.17, 15) is 24.3 Å². The second-order valence-electron chi connectivity index (χ2n) is 15.0. The SMILES string of the molecule is CC[C@H]1OC(=O)[C@H](C)C(=O)[C@H](C)[C@@H](O[C@@H]2O[C@H](C)C[C@H](N(C)C)[C@H]2OC(C)=O)[C@@]2(C)C[C@@H](C)N(C)C[C@H](C)[C@@H](OCC(=O)CO2)[C@]1(C)O. The van der Waals surface area contributed by atoms with E-state index in [2.05, 4.69) is 4.90 Å². The molecule has 13 heteroatoms. The Hall–Kier alpha value is -2.00. The summed E-state index contributed by atoms with van der Waals surface area (Å²) in [6.07, 6.45) is -4.04. The zero-order valence-electron chi connectivity index (χ0n) is 31.0. The number of Topliss-reactive ketones (excluding diaryl/α,β-unsaturated/α-hetero) is 2. The summed E-state index contributed by atoms with van der Waals surface area (Å²) in [4.78, 5) is 57.6. The third-order valence-corrected chi connectivity index (χ3v) is 10.5. The number of fused-ring (bicyclic) bond motifs is 15. The number of likely N-dealkylation sites (N-methyl/N-ethyl adjacent to an activating group) is 1. The summed E-state index contributed by atoms with van der Waals surface area (Å²) in [5.74, 6) is -4.62. The molecule has 4 saturated heterocycles. The van der Waals surface area contributed by atoms with Gasteiger partial charge >= 0.3 is 11.9 Å². The molecule has 48 heavy (non-hydrogen) atoms. The predicted octanol–water partition coefficient (Wildman–Crippen LogP) is 2.39. The van der Waals surface area contributed by atoms with Gasteiger partial charge in [0.2, 0.25) is 0 Å². The van der Waals surface area contributed by atoms with E-state index in [4.69, 9.17) is 28.4 Å². The molecule has 0 aromatic carbocycles. The van der Waals surface area contributed by atoms with Crippen molar-refractivity contribution < 1.29 is 52.7 Å². The molecule has 1 N–H and O–H groups in total. The summed E-state index contributed by atoms with van der Waals surface area (Å²) >= 11 is 0. The van der Waals surface area contributed by atoms with Gasteiger partial charge in [0.25, 0.3) is 0 Å². The molecule has 0 aromatic heterocycles. The predicted molar refractivity (Wildman–Crippen MR) is 176 cm³/mol. The largest absolute Gasteiger partial charge is 0.459 e. The molecule has 4 aliphatic heterocycles. The molecule has 0 saturated carbocycles. The van der Waals surface area contributed by atoms with Crippen LogP contribution >= 0.6 is 0 Å². The molecule has 13 nitrogen and oxygen atoms in total. The van der Waals surface area contributed by atoms with Crippen LogP contribution in [0.25, 0.3) is 0 Å². The highest BCUT2D eigenvalue weighted by Gasteiger charge is 2.52. The molecule has 0 aromatic rings. The van der Waals surface area contributed by atoms with Crippen molar-refractivity contribution in [3.8, 4) is 0 Å². The lowest BCUT2D eigenvalue weighted by Gasteiger charge is -2.48. The number of ketones is 2. The Morgan fingerprint density at radius 3 is 2.31 bits per heavy atom. The van der Waals surface area contributed by atoms with Gasteiger partial charge < -0.3 is 43.3 Å². The molecule has 2 bridgehead atoms. The van der Waals surface area contributed by atoms with E-state index < -0.39 is 71.5 Å². The number of hydrogen-bond donors (Lipinski definition) is 1. The molecule has 4 aliphatic rings. The minimum Gasteiger partial charge on any atom is -0.459 e. The van der Waals surface area contributed by atoms with E-state index in [1.54, 1.807) is 27.7 Å². The van der Waals surface area contributed by atoms with Crippen LogP contribution in [-0.4, -0.2) is 139 Å². The van der Waals surface area contributed by atoms with Crippen LogP contribution in [0.5, 0.6) is 0 Å². The lowest BCUT2D eigenvalue weighted by atomic mass is 9.79. The molecule has 4 heterocycles. The van der Waals surface area contributed by atoms with Gasteiger partial charge in [0.15, 0.2) is 24.0 Å². The summed E-state index contributed by atoms with van der Waals surface area (Å²) < 4.78 is 37.4. The van der Waals surface area contributed by atoms with Gasteiger partial charge in [-0.25, -0.2) is 0 Å². The van der Waals surface area contributed by atoms with Gasteiger partial charge in [0, 0.05) is 25.4 Å². The van der Waals surface area contributed by atoms with Crippen LogP contribution in [-0.2, 0) is 47.6 Å². The van der Waals surface area contributed by atoms with E-state index in [0.29, 0.717) is 19.4 Å². The number of ether oxygens (including phenoxy) is 6. The van der Waals surface area contributed by atoms with Crippen molar-refractivity contribution in [1.82, 2.24) is 9.80 Å². The lowest BCUT2D eigenvalue weighted by molar-refractivity contribution is -0.299. The quantitative estimate of drug-likeness (QED) is 0.334. The first-order valence-electron chi connectivity index (χ1n) is 17.3. The maximum absolute atomic E-state index is 14.3. The standard InChI is InChI=1S/C35H60N2O11/c1-13-27-35(9,42)30-19(2)16-37(12)20(3)15-34(8,44-18-25(39)17-43-30)31(22(5)28(40)23(6)32(41)47-27)48-33-29(46-24(7)38)26(36(10)11)14-21(4)45-33/h19-23,26-27,29-31,33,42H,13-18H2,1-12H3/t19-,20+,21+,22-,23+,26-,27+,29+,30+,31+,33-,34+,35+/m0/s1. The zero-order valence-corrected chi connectivity index (χ0v) is 31.0. The van der Waals surface area contributed by atoms with E-state index in [0.717, 1.165) is 0 Å². The summed E-state index contributed by atoms with van der Waals surface area (Å²) in [6.45, 7) is 15.2. The highest BCUT2D eigenvalue weighted by Crippen LogP contribution is 2.38. The fourth-order valence-corrected chi connectivity index (χ4v) is 7.70. The fourth-order valence-electron chi connectivity index (χ4n) is 7.70. The highest BCUT2D eigenvalue weighted by atomic mass is 16.7. The average molecular weight is 685 g/mol. The zero-order chi connectivity index (χ0) is 36.3. The Morgan fingerprint density at radius 1 is 1.08 bits per heavy atom. The number of hydrogen-bond acceptors (Lipinski definition) is 13. The van der Waals surface area contributed by atoms with Crippen molar-refractivity contribution in [2.75, 3.05) is 40.9 Å². The van der Waals surface area contributed by atoms with Crippen LogP contribution in [0.15, 0.2) is 0 Å². The monoisotopic (exact) mass is 684 g/mol. The lowest BCUT2D eigenvalue weighted by Crippen LogP contribution is -2.61. The van der Waals surface area contributed by atoms with Gasteiger partial charge in [-0.2, -0.15) is 0 Å². The molecule has 0 spiro atoms. The van der Waals surface area contributed by atoms with Crippen molar-refractivity contribution in [3.05, 3.63) is 0 Å². The number of esters is 2. The summed E-state index contributed by atoms with van der Waals surface area (Å²) in [5, 5.41) is 11.9. The average Bonchev–Trinajstić information content (AvgIpc) is 2.99. The molecular formula is C35H60N2O11. The van der Waals surface area contributed by atoms with Crippen molar-refractivity contribution >= 4 is 23.5 Å². The Bertz CT molecular complexity index is 1150. The third-order valence-electron chi connectivity index (χ3n) is 10.5. The first kappa shape index (κ1) is 40.4. The second-order valence-corrected chi connectivity index (χ2v) is 15.0. The molecule has 0 radical (unpaired) electrons. The molecule has 0 amide bonds. The number of aliphatic hydroxyl groups is 1. The van der Waals surface area contributed by atoms with E-state index in [1.807, 2.05) is 46.8 Å². The van der Waals surface area contributed by atoms with Crippen LogP contribution in [0, 0.1) is 17.8 Å². The summed E-state index contributed by atoms with van der Waals surface area (Å²) in [7, 11) is 5.72. The molecule has 4 fully saturated rings. The summed E-state index contributed by atoms with van der Waals surface area (Å²) in [6, 6.07) is -0.426. The van der Waals surface area contributed by atoms with Gasteiger partial charge in [0.05, 0.1) is 30.0 Å². The number of carbonyl (C=O) groups excluding carboxylic acids is 4. The molecular weight excluding hydrogens is 624 g/mol. The van der Waals surface area contributed by atoms with E-state index in [-0.39, 0.29) is 49.5 Å². The van der Waals surface area contributed by atoms with Crippen molar-refractivity contribution in [1.29, 1.82) is 0 Å². The number of nitrogens with zero attached hydrogens (tertiary/aromatic N) is 2. The van der Waals surface area contributed by atoms with Crippen LogP contribution < -0.4 is 0 Å². The molecule has 4 rings (SSSR count). The van der Waals surface area contributed by atoms with Crippen LogP contribution in [0.2, 0.25) is 0 Å². The first-order chi connectivity index (χ1) is 22.2. The first-order valence-corrected chi connectivity index (χ1v) is 17.3. The minimum atomic E-state index is -1.68. The van der Waals surface area contributed by atoms with Gasteiger partial charge in [-0.3, -0.25) is 19.2 Å². The Kier molecular flexibility index (Phi) is 13.8. The molecule has 0 aliphatic carbocycles. The van der Waals surface area contributed by atoms with Crippen molar-refractivity contribution in [2.24, 2.45) is 17.8 Å². The van der Waals surface area contributed by atoms with Gasteiger partial charge in [-0.05, 0) is 80.9 Å². The second kappa shape index (κ2) is 16.3. The number of carbonyl (C=O) groups is 4. The smallest absolute Gasteiger partial charge is 0.316 e. The fraction of sp³-hybridized carbons (Fsp3) is 0.886. The molecule has 0 unspecified atom stereocenters. The van der Waals surface area contributed by atoms with Crippen LogP contribution in [0.3, 0.4) is 0 Å².